The van der Waals surface area contributed by atoms with Crippen LogP contribution in [0.15, 0.2) is 12.5 Å². The van der Waals surface area contributed by atoms with Gasteiger partial charge in [0.05, 0.1) is 12.9 Å². The zero-order valence-electron chi connectivity index (χ0n) is 25.6. The minimum atomic E-state index is -1.23. The van der Waals surface area contributed by atoms with Crippen LogP contribution in [0.4, 0.5) is 0 Å². The van der Waals surface area contributed by atoms with Gasteiger partial charge < -0.3 is 53.0 Å². The Hall–Kier alpha value is -4.23. The van der Waals surface area contributed by atoms with Gasteiger partial charge in [-0.15, -0.1) is 0 Å². The summed E-state index contributed by atoms with van der Waals surface area (Å²) in [6.07, 6.45) is 5.06. The smallest absolute Gasteiger partial charge is 0.322 e. The molecule has 0 unspecified atom stereocenters. The molecule has 0 spiro atoms. The van der Waals surface area contributed by atoms with Crippen LogP contribution in [0.3, 0.4) is 0 Å². The number of likely N-dealkylation sites (tertiary alicyclic amines) is 1. The van der Waals surface area contributed by atoms with Crippen molar-refractivity contribution in [1.29, 1.82) is 0 Å². The van der Waals surface area contributed by atoms with Crippen LogP contribution in [0.2, 0.25) is 0 Å². The van der Waals surface area contributed by atoms with E-state index in [9.17, 15) is 33.6 Å². The standard InChI is InChI=1S/C27H44N10O8S/c1-15(23(41)36-19(13-46)27(45)37-8-4-6-20(37)26(44)31-12-22(39)40)33-25(43)18(9-16-11-30-14-32-16)35-24(42)17(5-2-3-7-28)34-21(38)10-29/h11,14-15,17-20,46H,2-10,12-13,28-29H2,1H3,(H,30,32)(H,31,44)(H,33,43)(H,34,38)(H,35,42)(H,36,41)(H,39,40)/t15-,17-,18-,19-,20-/m0/s1. The van der Waals surface area contributed by atoms with Crippen LogP contribution in [0.25, 0.3) is 0 Å². The van der Waals surface area contributed by atoms with E-state index in [0.717, 1.165) is 0 Å². The summed E-state index contributed by atoms with van der Waals surface area (Å²) in [5, 5.41) is 21.4. The number of aromatic amines is 1. The molecule has 1 saturated heterocycles. The number of imidazole rings is 1. The second-order valence-electron chi connectivity index (χ2n) is 10.7. The number of aromatic nitrogens is 2. The Morgan fingerprint density at radius 3 is 2.33 bits per heavy atom. The molecular weight excluding hydrogens is 624 g/mol. The second-order valence-corrected chi connectivity index (χ2v) is 11.1. The van der Waals surface area contributed by atoms with Gasteiger partial charge in [-0.3, -0.25) is 33.6 Å². The topological polar surface area (TPSA) is 284 Å². The number of carbonyl (C=O) groups is 7. The van der Waals surface area contributed by atoms with Crippen molar-refractivity contribution in [1.82, 2.24) is 41.5 Å². The van der Waals surface area contributed by atoms with Gasteiger partial charge in [-0.25, -0.2) is 4.98 Å². The van der Waals surface area contributed by atoms with Gasteiger partial charge in [-0.2, -0.15) is 12.6 Å². The molecule has 1 aliphatic rings. The third-order valence-electron chi connectivity index (χ3n) is 7.20. The maximum absolute atomic E-state index is 13.4. The number of thiol groups is 1. The lowest BCUT2D eigenvalue weighted by atomic mass is 10.1. The number of nitrogens with zero attached hydrogens (tertiary/aromatic N) is 2. The maximum atomic E-state index is 13.4. The number of carboxylic acids is 1. The fourth-order valence-electron chi connectivity index (χ4n) is 4.76. The highest BCUT2D eigenvalue weighted by Crippen LogP contribution is 2.19. The summed E-state index contributed by atoms with van der Waals surface area (Å²) in [7, 11) is 0. The molecule has 0 aromatic carbocycles. The lowest BCUT2D eigenvalue weighted by Crippen LogP contribution is -2.59. The molecule has 1 aliphatic heterocycles. The fourth-order valence-corrected chi connectivity index (χ4v) is 5.01. The van der Waals surface area contributed by atoms with Crippen LogP contribution in [0, 0.1) is 0 Å². The largest absolute Gasteiger partial charge is 0.480 e. The van der Waals surface area contributed by atoms with Crippen LogP contribution in [-0.4, -0.2) is 124 Å². The Kier molecular flexibility index (Phi) is 15.9. The SMILES string of the molecule is C[C@H](NC(=O)[C@H](Cc1cnc[nH]1)NC(=O)[C@H](CCCCN)NC(=O)CN)C(=O)N[C@@H](CS)C(=O)N1CCC[C@H]1C(=O)NCC(=O)O. The molecule has 0 radical (unpaired) electrons. The van der Waals surface area contributed by atoms with Gasteiger partial charge in [-0.1, -0.05) is 0 Å². The minimum Gasteiger partial charge on any atom is -0.480 e. The van der Waals surface area contributed by atoms with E-state index < -0.39 is 78.2 Å². The highest BCUT2D eigenvalue weighted by molar-refractivity contribution is 7.80. The monoisotopic (exact) mass is 668 g/mol. The fraction of sp³-hybridized carbons (Fsp3) is 0.630. The van der Waals surface area contributed by atoms with E-state index in [1.165, 1.54) is 24.3 Å². The van der Waals surface area contributed by atoms with E-state index in [1.54, 1.807) is 0 Å². The summed E-state index contributed by atoms with van der Waals surface area (Å²) >= 11 is 4.18. The third kappa shape index (κ3) is 11.9. The molecule has 0 saturated carbocycles. The van der Waals surface area contributed by atoms with Gasteiger partial charge in [0.15, 0.2) is 0 Å². The van der Waals surface area contributed by atoms with E-state index in [4.69, 9.17) is 16.6 Å². The van der Waals surface area contributed by atoms with Crippen molar-refractivity contribution in [2.24, 2.45) is 11.5 Å². The Balaban J connectivity index is 2.09. The number of nitrogens with two attached hydrogens (primary N) is 2. The maximum Gasteiger partial charge on any atom is 0.322 e. The number of carboxylic acid groups (broad SMARTS) is 1. The molecular formula is C27H44N10O8S. The number of carbonyl (C=O) groups excluding carboxylic acids is 6. The molecule has 18 nitrogen and oxygen atoms in total. The van der Waals surface area contributed by atoms with Crippen LogP contribution in [0.5, 0.6) is 0 Å². The molecule has 5 atom stereocenters. The molecule has 1 fully saturated rings. The van der Waals surface area contributed by atoms with Gasteiger partial charge in [0.2, 0.25) is 35.4 Å². The zero-order valence-corrected chi connectivity index (χ0v) is 26.5. The van der Waals surface area contributed by atoms with Crippen LogP contribution in [-0.2, 0) is 40.0 Å². The van der Waals surface area contributed by atoms with Gasteiger partial charge in [0.25, 0.3) is 0 Å². The van der Waals surface area contributed by atoms with Gasteiger partial charge in [-0.05, 0) is 45.6 Å². The number of aliphatic carboxylic acids is 1. The first-order valence-electron chi connectivity index (χ1n) is 14.9. The average Bonchev–Trinajstić information content (AvgIpc) is 3.73. The predicted octanol–water partition coefficient (Wildman–Crippen LogP) is -3.88. The first-order valence-corrected chi connectivity index (χ1v) is 15.5. The number of hydrogen-bond acceptors (Lipinski definition) is 11. The summed E-state index contributed by atoms with van der Waals surface area (Å²) in [6.45, 7) is 1.07. The first kappa shape index (κ1) is 38.0. The highest BCUT2D eigenvalue weighted by Gasteiger charge is 2.38. The van der Waals surface area contributed by atoms with Crippen LogP contribution >= 0.6 is 12.6 Å². The van der Waals surface area contributed by atoms with Gasteiger partial charge >= 0.3 is 5.97 Å². The molecule has 1 aromatic heterocycles. The van der Waals surface area contributed by atoms with Crippen LogP contribution in [0.1, 0.15) is 44.7 Å². The molecule has 46 heavy (non-hydrogen) atoms. The number of amides is 6. The quantitative estimate of drug-likeness (QED) is 0.0503. The number of unbranched alkanes of at least 4 members (excludes halogenated alkanes) is 1. The van der Waals surface area contributed by atoms with Crippen LogP contribution < -0.4 is 38.1 Å². The molecule has 11 N–H and O–H groups in total. The van der Waals surface area contributed by atoms with E-state index in [1.807, 2.05) is 0 Å². The number of H-pyrrole nitrogens is 1. The summed E-state index contributed by atoms with van der Waals surface area (Å²) in [4.78, 5) is 96.2. The molecule has 0 aliphatic carbocycles. The number of nitrogens with one attached hydrogen (secondary N) is 6. The van der Waals surface area contributed by atoms with Crippen molar-refractivity contribution < 1.29 is 38.7 Å². The van der Waals surface area contributed by atoms with Crippen molar-refractivity contribution in [3.05, 3.63) is 18.2 Å². The summed E-state index contributed by atoms with van der Waals surface area (Å²) in [6, 6.07) is -5.39. The lowest BCUT2D eigenvalue weighted by Gasteiger charge is -2.29. The lowest BCUT2D eigenvalue weighted by molar-refractivity contribution is -0.142. The molecule has 19 heteroatoms. The van der Waals surface area contributed by atoms with Crippen molar-refractivity contribution in [2.45, 2.75) is 75.7 Å². The van der Waals surface area contributed by atoms with Crippen molar-refractivity contribution in [2.75, 3.05) is 31.9 Å². The van der Waals surface area contributed by atoms with Crippen molar-refractivity contribution in [3.63, 3.8) is 0 Å². The molecule has 6 amide bonds. The van der Waals surface area contributed by atoms with E-state index in [0.29, 0.717) is 37.9 Å². The first-order chi connectivity index (χ1) is 21.9. The van der Waals surface area contributed by atoms with Crippen molar-refractivity contribution >= 4 is 54.0 Å². The van der Waals surface area contributed by atoms with Gasteiger partial charge in [0.1, 0.15) is 36.8 Å². The number of rotatable bonds is 19. The minimum absolute atomic E-state index is 0.0235. The predicted molar refractivity (Wildman–Crippen MR) is 167 cm³/mol. The highest BCUT2D eigenvalue weighted by atomic mass is 32.1. The Bertz CT molecular complexity index is 1220. The molecule has 2 heterocycles. The summed E-state index contributed by atoms with van der Waals surface area (Å²) < 4.78 is 0. The molecule has 0 bridgehead atoms. The Morgan fingerprint density at radius 2 is 1.72 bits per heavy atom. The third-order valence-corrected chi connectivity index (χ3v) is 7.56. The van der Waals surface area contributed by atoms with E-state index in [2.05, 4.69) is 49.2 Å². The second kappa shape index (κ2) is 19.3. The summed E-state index contributed by atoms with van der Waals surface area (Å²) in [5.41, 5.74) is 11.5. The Morgan fingerprint density at radius 1 is 1.02 bits per heavy atom. The zero-order chi connectivity index (χ0) is 34.2. The molecule has 2 rings (SSSR count). The summed E-state index contributed by atoms with van der Waals surface area (Å²) in [5.74, 6) is -5.19. The molecule has 256 valence electrons. The Labute approximate surface area is 271 Å². The van der Waals surface area contributed by atoms with Crippen molar-refractivity contribution in [3.8, 4) is 0 Å². The normalized spacial score (nSPS) is 16.8. The number of hydrogen-bond donors (Lipinski definition) is 10. The van der Waals surface area contributed by atoms with E-state index >= 15 is 0 Å². The average molecular weight is 669 g/mol. The van der Waals surface area contributed by atoms with Gasteiger partial charge in [0, 0.05) is 30.6 Å². The molecule has 1 aromatic rings. The van der Waals surface area contributed by atoms with E-state index in [-0.39, 0.29) is 31.7 Å².